The van der Waals surface area contributed by atoms with Gasteiger partial charge in [-0.15, -0.1) is 0 Å². The molecule has 0 saturated carbocycles. The second-order valence-corrected chi connectivity index (χ2v) is 6.87. The van der Waals surface area contributed by atoms with Gasteiger partial charge in [-0.1, -0.05) is 54.6 Å². The van der Waals surface area contributed by atoms with Crippen LogP contribution in [0, 0.1) is 0 Å². The van der Waals surface area contributed by atoms with Gasteiger partial charge in [-0.25, -0.2) is 4.98 Å². The van der Waals surface area contributed by atoms with Crippen LogP contribution >= 0.6 is 0 Å². The second kappa shape index (κ2) is 6.39. The molecule has 0 aliphatic heterocycles. The van der Waals surface area contributed by atoms with Crippen molar-refractivity contribution >= 4 is 33.6 Å². The average molecular weight is 365 g/mol. The number of anilines is 2. The maximum atomic E-state index is 6.00. The van der Waals surface area contributed by atoms with E-state index >= 15 is 0 Å². The van der Waals surface area contributed by atoms with Gasteiger partial charge in [0, 0.05) is 23.5 Å². The fourth-order valence-corrected chi connectivity index (χ4v) is 3.68. The molecule has 2 aromatic heterocycles. The van der Waals surface area contributed by atoms with Crippen LogP contribution < -0.4 is 11.5 Å². The third-order valence-corrected chi connectivity index (χ3v) is 5.08. The Morgan fingerprint density at radius 1 is 0.714 bits per heavy atom. The van der Waals surface area contributed by atoms with Gasteiger partial charge in [-0.3, -0.25) is 0 Å². The summed E-state index contributed by atoms with van der Waals surface area (Å²) < 4.78 is 2.21. The van der Waals surface area contributed by atoms with E-state index in [1.165, 1.54) is 16.7 Å². The van der Waals surface area contributed by atoms with Crippen LogP contribution in [-0.2, 0) is 6.54 Å². The lowest BCUT2D eigenvalue weighted by molar-refractivity contribution is 0.837. The van der Waals surface area contributed by atoms with E-state index < -0.39 is 0 Å². The predicted octanol–water partition coefficient (Wildman–Crippen LogP) is 4.46. The van der Waals surface area contributed by atoms with Crippen molar-refractivity contribution in [3.8, 4) is 11.1 Å². The van der Waals surface area contributed by atoms with Crippen molar-refractivity contribution in [1.82, 2.24) is 14.5 Å². The van der Waals surface area contributed by atoms with Crippen LogP contribution in [0.25, 0.3) is 32.9 Å². The molecule has 0 spiro atoms. The van der Waals surface area contributed by atoms with Gasteiger partial charge >= 0.3 is 0 Å². The molecule has 5 aromatic rings. The summed E-state index contributed by atoms with van der Waals surface area (Å²) in [6, 6.07) is 25.2. The van der Waals surface area contributed by atoms with Gasteiger partial charge in [0.1, 0.15) is 5.82 Å². The number of nitrogens with two attached hydrogens (primary N) is 2. The van der Waals surface area contributed by atoms with E-state index in [0.717, 1.165) is 28.4 Å². The molecule has 2 heterocycles. The highest BCUT2D eigenvalue weighted by Crippen LogP contribution is 2.29. The third kappa shape index (κ3) is 2.74. The molecule has 136 valence electrons. The summed E-state index contributed by atoms with van der Waals surface area (Å²) in [5.74, 6) is 0.607. The van der Waals surface area contributed by atoms with Crippen molar-refractivity contribution in [3.05, 3.63) is 84.6 Å². The van der Waals surface area contributed by atoms with E-state index in [0.29, 0.717) is 5.82 Å². The molecule has 0 aliphatic carbocycles. The zero-order valence-corrected chi connectivity index (χ0v) is 15.2. The number of fused-ring (bicyclic) bond motifs is 3. The van der Waals surface area contributed by atoms with E-state index in [1.54, 1.807) is 0 Å². The van der Waals surface area contributed by atoms with Gasteiger partial charge < -0.3 is 16.0 Å². The van der Waals surface area contributed by atoms with Gasteiger partial charge in [0.15, 0.2) is 0 Å². The standard InChI is InChI=1S/C23H19N5/c24-22-19-10-11-20-18(21(19)26-23(25)27-22)12-13-28(20)14-15-6-8-17(9-7-15)16-4-2-1-3-5-16/h1-13H,14H2,(H4,24,25,26,27). The number of nitrogens with zero attached hydrogens (tertiary/aromatic N) is 3. The number of hydrogen-bond acceptors (Lipinski definition) is 4. The molecule has 0 unspecified atom stereocenters. The fraction of sp³-hybridized carbons (Fsp3) is 0.0435. The molecule has 0 bridgehead atoms. The molecule has 5 rings (SSSR count). The summed E-state index contributed by atoms with van der Waals surface area (Å²) in [5.41, 5.74) is 17.4. The first-order valence-corrected chi connectivity index (χ1v) is 9.14. The van der Waals surface area contributed by atoms with Gasteiger partial charge in [0.2, 0.25) is 5.95 Å². The number of rotatable bonds is 3. The lowest BCUT2D eigenvalue weighted by Gasteiger charge is -2.09. The normalized spacial score (nSPS) is 11.3. The van der Waals surface area contributed by atoms with E-state index in [2.05, 4.69) is 81.4 Å². The molecule has 0 atom stereocenters. The minimum atomic E-state index is 0.196. The minimum absolute atomic E-state index is 0.196. The van der Waals surface area contributed by atoms with Crippen molar-refractivity contribution in [2.75, 3.05) is 11.5 Å². The Morgan fingerprint density at radius 2 is 1.46 bits per heavy atom. The zero-order chi connectivity index (χ0) is 19.1. The number of aromatic nitrogens is 3. The van der Waals surface area contributed by atoms with E-state index in [4.69, 9.17) is 11.5 Å². The van der Waals surface area contributed by atoms with Gasteiger partial charge in [-0.2, -0.15) is 4.98 Å². The number of benzene rings is 3. The molecule has 28 heavy (non-hydrogen) atoms. The Morgan fingerprint density at radius 3 is 2.25 bits per heavy atom. The Balaban J connectivity index is 1.51. The Hall–Kier alpha value is -3.86. The van der Waals surface area contributed by atoms with Crippen LogP contribution in [0.15, 0.2) is 79.0 Å². The second-order valence-electron chi connectivity index (χ2n) is 6.87. The predicted molar refractivity (Wildman–Crippen MR) is 115 cm³/mol. The molecule has 3 aromatic carbocycles. The highest BCUT2D eigenvalue weighted by molar-refractivity contribution is 6.07. The van der Waals surface area contributed by atoms with Crippen LogP contribution in [-0.4, -0.2) is 14.5 Å². The molecule has 5 heteroatoms. The summed E-state index contributed by atoms with van der Waals surface area (Å²) in [4.78, 5) is 8.46. The van der Waals surface area contributed by atoms with Crippen LogP contribution in [0.5, 0.6) is 0 Å². The number of nitrogen functional groups attached to an aromatic ring is 2. The summed E-state index contributed by atoms with van der Waals surface area (Å²) in [7, 11) is 0. The monoisotopic (exact) mass is 365 g/mol. The summed E-state index contributed by atoms with van der Waals surface area (Å²) in [6.07, 6.45) is 2.07. The van der Waals surface area contributed by atoms with Gasteiger partial charge in [-0.05, 0) is 34.9 Å². The van der Waals surface area contributed by atoms with Crippen molar-refractivity contribution in [1.29, 1.82) is 0 Å². The zero-order valence-electron chi connectivity index (χ0n) is 15.2. The molecule has 0 fully saturated rings. The Bertz CT molecular complexity index is 1290. The molecule has 5 nitrogen and oxygen atoms in total. The van der Waals surface area contributed by atoms with Crippen LogP contribution in [0.3, 0.4) is 0 Å². The number of hydrogen-bond donors (Lipinski definition) is 2. The van der Waals surface area contributed by atoms with Crippen molar-refractivity contribution in [3.63, 3.8) is 0 Å². The van der Waals surface area contributed by atoms with Crippen molar-refractivity contribution in [2.45, 2.75) is 6.54 Å². The van der Waals surface area contributed by atoms with Crippen LogP contribution in [0.1, 0.15) is 5.56 Å². The van der Waals surface area contributed by atoms with Crippen LogP contribution in [0.4, 0.5) is 11.8 Å². The third-order valence-electron chi connectivity index (χ3n) is 5.08. The highest BCUT2D eigenvalue weighted by Gasteiger charge is 2.10. The van der Waals surface area contributed by atoms with Gasteiger partial charge in [0.25, 0.3) is 0 Å². The lowest BCUT2D eigenvalue weighted by Crippen LogP contribution is -2.01. The molecule has 0 amide bonds. The van der Waals surface area contributed by atoms with Crippen molar-refractivity contribution in [2.24, 2.45) is 0 Å². The molecule has 0 saturated heterocycles. The van der Waals surface area contributed by atoms with Crippen LogP contribution in [0.2, 0.25) is 0 Å². The first-order chi connectivity index (χ1) is 13.7. The van der Waals surface area contributed by atoms with E-state index in [-0.39, 0.29) is 5.95 Å². The van der Waals surface area contributed by atoms with E-state index in [1.807, 2.05) is 12.1 Å². The maximum Gasteiger partial charge on any atom is 0.222 e. The molecular formula is C23H19N5. The smallest absolute Gasteiger partial charge is 0.222 e. The van der Waals surface area contributed by atoms with E-state index in [9.17, 15) is 0 Å². The van der Waals surface area contributed by atoms with Gasteiger partial charge in [0.05, 0.1) is 11.0 Å². The molecule has 0 radical (unpaired) electrons. The quantitative estimate of drug-likeness (QED) is 0.494. The topological polar surface area (TPSA) is 82.7 Å². The SMILES string of the molecule is Nc1nc(N)c2ccc3c(ccn3Cc3ccc(-c4ccccc4)cc3)c2n1. The Labute approximate surface area is 162 Å². The van der Waals surface area contributed by atoms with Crippen molar-refractivity contribution < 1.29 is 0 Å². The lowest BCUT2D eigenvalue weighted by atomic mass is 10.0. The fourth-order valence-electron chi connectivity index (χ4n) is 3.68. The minimum Gasteiger partial charge on any atom is -0.383 e. The average Bonchev–Trinajstić information content (AvgIpc) is 3.12. The Kier molecular flexibility index (Phi) is 3.72. The maximum absolute atomic E-state index is 6.00. The molecule has 4 N–H and O–H groups in total. The molecular weight excluding hydrogens is 346 g/mol. The molecule has 0 aliphatic rings. The highest BCUT2D eigenvalue weighted by atomic mass is 15.0. The summed E-state index contributed by atoms with van der Waals surface area (Å²) >= 11 is 0. The first-order valence-electron chi connectivity index (χ1n) is 9.14. The summed E-state index contributed by atoms with van der Waals surface area (Å²) in [5, 5.41) is 1.85. The largest absolute Gasteiger partial charge is 0.383 e. The summed E-state index contributed by atoms with van der Waals surface area (Å²) in [6.45, 7) is 0.778. The first kappa shape index (κ1) is 16.3.